The monoisotopic (exact) mass is 433 g/mol. The van der Waals surface area contributed by atoms with Gasteiger partial charge in [0.05, 0.1) is 18.3 Å². The number of aromatic nitrogens is 6. The molecule has 1 N–H and O–H groups in total. The molecule has 0 aliphatic heterocycles. The number of thioether (sulfide) groups is 1. The number of nitrogens with zero attached hydrogens (tertiary/aromatic N) is 6. The van der Waals surface area contributed by atoms with Crippen molar-refractivity contribution in [3.05, 3.63) is 84.2 Å². The van der Waals surface area contributed by atoms with Gasteiger partial charge in [0.25, 0.3) is 0 Å². The molecule has 2 aromatic heterocycles. The molecule has 1 amide bonds. The van der Waals surface area contributed by atoms with Crippen LogP contribution in [0.25, 0.3) is 5.69 Å². The molecule has 0 saturated heterocycles. The number of carbonyl (C=O) groups is 1. The van der Waals surface area contributed by atoms with Crippen LogP contribution in [0.4, 0.5) is 0 Å². The lowest BCUT2D eigenvalue weighted by Crippen LogP contribution is -2.32. The maximum Gasteiger partial charge on any atom is 0.231 e. The van der Waals surface area contributed by atoms with E-state index in [1.165, 1.54) is 29.2 Å². The van der Waals surface area contributed by atoms with Gasteiger partial charge in [0.1, 0.15) is 19.0 Å². The number of hydrogen-bond donors (Lipinski definition) is 1. The molecule has 0 spiro atoms. The highest BCUT2D eigenvalue weighted by atomic mass is 32.2. The Labute approximate surface area is 184 Å². The van der Waals surface area contributed by atoms with Gasteiger partial charge in [-0.1, -0.05) is 48.2 Å². The van der Waals surface area contributed by atoms with Crippen molar-refractivity contribution in [2.45, 2.75) is 31.6 Å². The Morgan fingerprint density at radius 2 is 1.94 bits per heavy atom. The second kappa shape index (κ2) is 9.57. The fraction of sp³-hybridized carbons (Fsp3) is 0.227. The van der Waals surface area contributed by atoms with Gasteiger partial charge in [0.15, 0.2) is 5.16 Å². The normalized spacial score (nSPS) is 11.9. The average molecular weight is 434 g/mol. The molecule has 1 unspecified atom stereocenters. The minimum atomic E-state index is -0.214. The first kappa shape index (κ1) is 20.8. The Morgan fingerprint density at radius 1 is 1.10 bits per heavy atom. The van der Waals surface area contributed by atoms with Crippen molar-refractivity contribution in [2.24, 2.45) is 0 Å². The van der Waals surface area contributed by atoms with Crippen molar-refractivity contribution in [3.63, 3.8) is 0 Å². The molecule has 0 bridgehead atoms. The summed E-state index contributed by atoms with van der Waals surface area (Å²) in [5.41, 5.74) is 4.41. The van der Waals surface area contributed by atoms with Crippen LogP contribution in [0.15, 0.2) is 72.7 Å². The number of rotatable bonds is 8. The van der Waals surface area contributed by atoms with E-state index in [2.05, 4.69) is 51.6 Å². The Bertz CT molecular complexity index is 1140. The van der Waals surface area contributed by atoms with Crippen molar-refractivity contribution in [2.75, 3.05) is 5.75 Å². The number of amides is 1. The minimum Gasteiger partial charge on any atom is -0.347 e. The zero-order valence-corrected chi connectivity index (χ0v) is 18.2. The van der Waals surface area contributed by atoms with Gasteiger partial charge >= 0.3 is 0 Å². The molecule has 4 rings (SSSR count). The molecular weight excluding hydrogens is 410 g/mol. The first-order valence-electron chi connectivity index (χ1n) is 9.87. The van der Waals surface area contributed by atoms with Crippen molar-refractivity contribution in [1.29, 1.82) is 0 Å². The van der Waals surface area contributed by atoms with Crippen LogP contribution in [0.2, 0.25) is 0 Å². The van der Waals surface area contributed by atoms with Gasteiger partial charge in [-0.05, 0) is 42.7 Å². The van der Waals surface area contributed by atoms with Crippen LogP contribution in [0, 0.1) is 13.8 Å². The quantitative estimate of drug-likeness (QED) is 0.430. The van der Waals surface area contributed by atoms with Crippen molar-refractivity contribution in [1.82, 2.24) is 34.8 Å². The van der Waals surface area contributed by atoms with E-state index >= 15 is 0 Å². The topological polar surface area (TPSA) is 90.5 Å². The summed E-state index contributed by atoms with van der Waals surface area (Å²) in [5, 5.41) is 16.2. The van der Waals surface area contributed by atoms with E-state index in [0.717, 1.165) is 11.3 Å². The Balaban J connectivity index is 1.43. The van der Waals surface area contributed by atoms with E-state index in [1.807, 2.05) is 41.0 Å². The first-order valence-corrected chi connectivity index (χ1v) is 10.9. The number of aryl methyl sites for hydroxylation is 2. The Morgan fingerprint density at radius 3 is 2.68 bits per heavy atom. The van der Waals surface area contributed by atoms with Crippen LogP contribution in [-0.4, -0.2) is 41.2 Å². The van der Waals surface area contributed by atoms with E-state index in [1.54, 1.807) is 17.3 Å². The lowest BCUT2D eigenvalue weighted by Gasteiger charge is -2.19. The van der Waals surface area contributed by atoms with Crippen LogP contribution in [0.5, 0.6) is 0 Å². The molecule has 0 radical (unpaired) electrons. The Kier molecular flexibility index (Phi) is 6.42. The maximum atomic E-state index is 12.8. The fourth-order valence-corrected chi connectivity index (χ4v) is 3.92. The second-order valence-corrected chi connectivity index (χ2v) is 8.13. The molecule has 0 saturated carbocycles. The summed E-state index contributed by atoms with van der Waals surface area (Å²) in [5.74, 6) is 0.137. The third-order valence-electron chi connectivity index (χ3n) is 4.99. The number of hydrogen-bond acceptors (Lipinski definition) is 6. The number of carbonyl (C=O) groups excluding carboxylic acids is 1. The highest BCUT2D eigenvalue weighted by Gasteiger charge is 2.17. The summed E-state index contributed by atoms with van der Waals surface area (Å²) in [6.07, 6.45) is 4.80. The van der Waals surface area contributed by atoms with Crippen LogP contribution in [0.3, 0.4) is 0 Å². The van der Waals surface area contributed by atoms with Crippen molar-refractivity contribution >= 4 is 17.7 Å². The summed E-state index contributed by atoms with van der Waals surface area (Å²) in [7, 11) is 0. The molecule has 2 heterocycles. The molecular formula is C22H23N7OS. The fourth-order valence-electron chi connectivity index (χ4n) is 3.18. The molecule has 1 atom stereocenters. The SMILES string of the molecule is Cc1ccc(-n2cnnc2SCC(=O)NC(Cn2cncn2)c2ccccc2)cc1C. The second-order valence-electron chi connectivity index (χ2n) is 7.19. The molecule has 158 valence electrons. The van der Waals surface area contributed by atoms with Gasteiger partial charge in [-0.3, -0.25) is 14.0 Å². The highest BCUT2D eigenvalue weighted by molar-refractivity contribution is 7.99. The van der Waals surface area contributed by atoms with Crippen molar-refractivity contribution < 1.29 is 4.79 Å². The molecule has 4 aromatic rings. The standard InChI is InChI=1S/C22H23N7OS/c1-16-8-9-19(10-17(16)2)29-15-24-27-22(29)31-12-21(30)26-20(11-28-14-23-13-25-28)18-6-4-3-5-7-18/h3-10,13-15,20H,11-12H2,1-2H3,(H,26,30). The predicted molar refractivity (Wildman–Crippen MR) is 119 cm³/mol. The van der Waals surface area contributed by atoms with Gasteiger partial charge in [-0.2, -0.15) is 5.10 Å². The molecule has 2 aromatic carbocycles. The van der Waals surface area contributed by atoms with Crippen LogP contribution < -0.4 is 5.32 Å². The molecule has 31 heavy (non-hydrogen) atoms. The maximum absolute atomic E-state index is 12.8. The van der Waals surface area contributed by atoms with Crippen LogP contribution in [-0.2, 0) is 11.3 Å². The first-order chi connectivity index (χ1) is 15.1. The van der Waals surface area contributed by atoms with Gasteiger partial charge in [0.2, 0.25) is 5.91 Å². The summed E-state index contributed by atoms with van der Waals surface area (Å²) < 4.78 is 3.61. The zero-order chi connectivity index (χ0) is 21.6. The zero-order valence-electron chi connectivity index (χ0n) is 17.3. The van der Waals surface area contributed by atoms with E-state index < -0.39 is 0 Å². The van der Waals surface area contributed by atoms with E-state index in [-0.39, 0.29) is 17.7 Å². The summed E-state index contributed by atoms with van der Waals surface area (Å²) in [6, 6.07) is 15.8. The van der Waals surface area contributed by atoms with Crippen LogP contribution in [0.1, 0.15) is 22.7 Å². The third-order valence-corrected chi connectivity index (χ3v) is 5.93. The van der Waals surface area contributed by atoms with Crippen molar-refractivity contribution in [3.8, 4) is 5.69 Å². The molecule has 8 nitrogen and oxygen atoms in total. The third kappa shape index (κ3) is 5.18. The largest absolute Gasteiger partial charge is 0.347 e. The van der Waals surface area contributed by atoms with Gasteiger partial charge < -0.3 is 5.32 Å². The van der Waals surface area contributed by atoms with E-state index in [4.69, 9.17) is 0 Å². The number of benzene rings is 2. The van der Waals surface area contributed by atoms with Gasteiger partial charge in [-0.15, -0.1) is 10.2 Å². The lowest BCUT2D eigenvalue weighted by molar-refractivity contribution is -0.119. The number of nitrogens with one attached hydrogen (secondary N) is 1. The minimum absolute atomic E-state index is 0.0893. The molecule has 0 aliphatic carbocycles. The smallest absolute Gasteiger partial charge is 0.231 e. The van der Waals surface area contributed by atoms with Gasteiger partial charge in [-0.25, -0.2) is 4.98 Å². The van der Waals surface area contributed by atoms with Gasteiger partial charge in [0, 0.05) is 5.69 Å². The van der Waals surface area contributed by atoms with E-state index in [0.29, 0.717) is 11.7 Å². The molecule has 0 fully saturated rings. The predicted octanol–water partition coefficient (Wildman–Crippen LogP) is 3.13. The average Bonchev–Trinajstić information content (AvgIpc) is 3.46. The van der Waals surface area contributed by atoms with E-state index in [9.17, 15) is 4.79 Å². The summed E-state index contributed by atoms with van der Waals surface area (Å²) in [4.78, 5) is 16.7. The van der Waals surface area contributed by atoms with Crippen LogP contribution >= 0.6 is 11.8 Å². The summed E-state index contributed by atoms with van der Waals surface area (Å²) in [6.45, 7) is 4.65. The molecule has 0 aliphatic rings. The highest BCUT2D eigenvalue weighted by Crippen LogP contribution is 2.22. The Hall–Kier alpha value is -3.46. The molecule has 9 heteroatoms. The summed E-state index contributed by atoms with van der Waals surface area (Å²) >= 11 is 1.35. The lowest BCUT2D eigenvalue weighted by atomic mass is 10.1.